The first-order valence-corrected chi connectivity index (χ1v) is 7.53. The van der Waals surface area contributed by atoms with Gasteiger partial charge in [0.1, 0.15) is 16.5 Å². The van der Waals surface area contributed by atoms with Crippen LogP contribution in [0.25, 0.3) is 10.2 Å². The van der Waals surface area contributed by atoms with Gasteiger partial charge in [-0.25, -0.2) is 9.97 Å². The van der Waals surface area contributed by atoms with Crippen LogP contribution in [0.15, 0.2) is 11.4 Å². The summed E-state index contributed by atoms with van der Waals surface area (Å²) in [6.45, 7) is 7.30. The molecule has 0 saturated carbocycles. The lowest BCUT2D eigenvalue weighted by Gasteiger charge is -2.25. The summed E-state index contributed by atoms with van der Waals surface area (Å²) in [5.41, 5.74) is 0. The van der Waals surface area contributed by atoms with E-state index in [2.05, 4.69) is 38.6 Å². The molecule has 0 aromatic carbocycles. The fraction of sp³-hybridized carbons (Fsp3) is 0.538. The van der Waals surface area contributed by atoms with Gasteiger partial charge < -0.3 is 10.1 Å². The van der Waals surface area contributed by atoms with Crippen LogP contribution in [0.1, 0.15) is 12.7 Å². The maximum atomic E-state index is 5.36. The van der Waals surface area contributed by atoms with Crippen molar-refractivity contribution >= 4 is 27.4 Å². The second-order valence-electron chi connectivity index (χ2n) is 4.55. The number of nitrogens with one attached hydrogen (secondary N) is 1. The Balaban J connectivity index is 1.85. The Morgan fingerprint density at radius 3 is 3.00 bits per heavy atom. The highest BCUT2D eigenvalue weighted by molar-refractivity contribution is 7.16. The molecule has 19 heavy (non-hydrogen) atoms. The van der Waals surface area contributed by atoms with Gasteiger partial charge in [0.15, 0.2) is 0 Å². The number of hydrogen-bond donors (Lipinski definition) is 1. The number of ether oxygens (including phenoxy) is 1. The number of thiophene rings is 1. The Labute approximate surface area is 116 Å². The van der Waals surface area contributed by atoms with Crippen molar-refractivity contribution in [3.05, 3.63) is 17.3 Å². The molecule has 1 saturated heterocycles. The van der Waals surface area contributed by atoms with Crippen LogP contribution >= 0.6 is 11.3 Å². The Morgan fingerprint density at radius 2 is 2.21 bits per heavy atom. The zero-order valence-corrected chi connectivity index (χ0v) is 11.9. The van der Waals surface area contributed by atoms with E-state index in [1.54, 1.807) is 11.3 Å². The van der Waals surface area contributed by atoms with E-state index in [4.69, 9.17) is 4.74 Å². The molecule has 1 aliphatic heterocycles. The molecule has 1 aliphatic rings. The van der Waals surface area contributed by atoms with E-state index in [1.165, 1.54) is 0 Å². The van der Waals surface area contributed by atoms with Crippen LogP contribution in [0.3, 0.4) is 0 Å². The molecule has 0 atom stereocenters. The third-order valence-electron chi connectivity index (χ3n) is 3.18. The minimum absolute atomic E-state index is 0.801. The minimum atomic E-state index is 0.801. The molecule has 0 radical (unpaired) electrons. The van der Waals surface area contributed by atoms with Gasteiger partial charge in [0.05, 0.1) is 25.1 Å². The maximum absolute atomic E-state index is 5.36. The Hall–Kier alpha value is -1.24. The summed E-state index contributed by atoms with van der Waals surface area (Å²) in [5, 5.41) is 6.52. The molecule has 1 N–H and O–H groups in total. The zero-order valence-electron chi connectivity index (χ0n) is 11.1. The zero-order chi connectivity index (χ0) is 13.1. The number of morpholine rings is 1. The van der Waals surface area contributed by atoms with Crippen molar-refractivity contribution in [3.63, 3.8) is 0 Å². The van der Waals surface area contributed by atoms with Crippen molar-refractivity contribution in [2.45, 2.75) is 13.5 Å². The first kappa shape index (κ1) is 12.8. The van der Waals surface area contributed by atoms with E-state index in [-0.39, 0.29) is 0 Å². The van der Waals surface area contributed by atoms with Crippen molar-refractivity contribution < 1.29 is 4.74 Å². The fourth-order valence-electron chi connectivity index (χ4n) is 2.23. The van der Waals surface area contributed by atoms with Gasteiger partial charge >= 0.3 is 0 Å². The fourth-order valence-corrected chi connectivity index (χ4v) is 3.01. The molecule has 3 rings (SSSR count). The number of anilines is 1. The summed E-state index contributed by atoms with van der Waals surface area (Å²) >= 11 is 1.67. The first-order valence-electron chi connectivity index (χ1n) is 6.65. The average molecular weight is 278 g/mol. The SMILES string of the molecule is CCNc1nc(CN2CCOCC2)nc2sccc12. The topological polar surface area (TPSA) is 50.3 Å². The molecule has 102 valence electrons. The molecule has 5 nitrogen and oxygen atoms in total. The predicted molar refractivity (Wildman–Crippen MR) is 77.7 cm³/mol. The Morgan fingerprint density at radius 1 is 1.37 bits per heavy atom. The molecule has 2 aromatic heterocycles. The minimum Gasteiger partial charge on any atom is -0.379 e. The predicted octanol–water partition coefficient (Wildman–Crippen LogP) is 1.96. The average Bonchev–Trinajstić information content (AvgIpc) is 2.89. The van der Waals surface area contributed by atoms with Gasteiger partial charge in [0, 0.05) is 19.6 Å². The molecule has 1 fully saturated rings. The summed E-state index contributed by atoms with van der Waals surface area (Å²) < 4.78 is 5.36. The van der Waals surface area contributed by atoms with Crippen molar-refractivity contribution in [3.8, 4) is 0 Å². The highest BCUT2D eigenvalue weighted by Gasteiger charge is 2.14. The molecular formula is C13H18N4OS. The lowest BCUT2D eigenvalue weighted by molar-refractivity contribution is 0.0331. The highest BCUT2D eigenvalue weighted by Crippen LogP contribution is 2.25. The lowest BCUT2D eigenvalue weighted by atomic mass is 10.3. The van der Waals surface area contributed by atoms with Gasteiger partial charge in [-0.3, -0.25) is 4.90 Å². The molecule has 0 unspecified atom stereocenters. The summed E-state index contributed by atoms with van der Waals surface area (Å²) in [6, 6.07) is 2.08. The standard InChI is InChI=1S/C13H18N4OS/c1-2-14-12-10-3-8-19-13(10)16-11(15-12)9-17-4-6-18-7-5-17/h3,8H,2,4-7,9H2,1H3,(H,14,15,16). The van der Waals surface area contributed by atoms with E-state index in [9.17, 15) is 0 Å². The van der Waals surface area contributed by atoms with Gasteiger partial charge in [-0.05, 0) is 18.4 Å². The van der Waals surface area contributed by atoms with Crippen LogP contribution < -0.4 is 5.32 Å². The largest absolute Gasteiger partial charge is 0.379 e. The summed E-state index contributed by atoms with van der Waals surface area (Å²) in [4.78, 5) is 12.7. The van der Waals surface area contributed by atoms with Crippen LogP contribution in [-0.2, 0) is 11.3 Å². The molecule has 0 spiro atoms. The van der Waals surface area contributed by atoms with E-state index < -0.39 is 0 Å². The quantitative estimate of drug-likeness (QED) is 0.926. The van der Waals surface area contributed by atoms with Crippen LogP contribution in [0.4, 0.5) is 5.82 Å². The van der Waals surface area contributed by atoms with Crippen molar-refractivity contribution in [2.24, 2.45) is 0 Å². The molecule has 0 bridgehead atoms. The monoisotopic (exact) mass is 278 g/mol. The molecular weight excluding hydrogens is 260 g/mol. The van der Waals surface area contributed by atoms with Gasteiger partial charge in [-0.1, -0.05) is 0 Å². The smallest absolute Gasteiger partial charge is 0.146 e. The van der Waals surface area contributed by atoms with Gasteiger partial charge in [0.2, 0.25) is 0 Å². The number of aromatic nitrogens is 2. The summed E-state index contributed by atoms with van der Waals surface area (Å²) in [6.07, 6.45) is 0. The normalized spacial score (nSPS) is 16.9. The van der Waals surface area contributed by atoms with Crippen LogP contribution in [0.2, 0.25) is 0 Å². The van der Waals surface area contributed by atoms with Gasteiger partial charge in [0.25, 0.3) is 0 Å². The van der Waals surface area contributed by atoms with Crippen LogP contribution in [0.5, 0.6) is 0 Å². The van der Waals surface area contributed by atoms with Crippen LogP contribution in [0, 0.1) is 0 Å². The third-order valence-corrected chi connectivity index (χ3v) is 3.99. The highest BCUT2D eigenvalue weighted by atomic mass is 32.1. The van der Waals surface area contributed by atoms with E-state index in [1.807, 2.05) is 0 Å². The van der Waals surface area contributed by atoms with Crippen molar-refractivity contribution in [1.29, 1.82) is 0 Å². The lowest BCUT2D eigenvalue weighted by Crippen LogP contribution is -2.36. The summed E-state index contributed by atoms with van der Waals surface area (Å²) in [5.74, 6) is 1.85. The number of fused-ring (bicyclic) bond motifs is 1. The van der Waals surface area contributed by atoms with E-state index in [0.29, 0.717) is 0 Å². The van der Waals surface area contributed by atoms with Crippen molar-refractivity contribution in [2.75, 3.05) is 38.2 Å². The Bertz CT molecular complexity index is 551. The summed E-state index contributed by atoms with van der Waals surface area (Å²) in [7, 11) is 0. The van der Waals surface area contributed by atoms with Gasteiger partial charge in [-0.2, -0.15) is 0 Å². The molecule has 3 heterocycles. The van der Waals surface area contributed by atoms with E-state index in [0.717, 1.165) is 61.3 Å². The number of nitrogens with zero attached hydrogens (tertiary/aromatic N) is 3. The molecule has 0 amide bonds. The number of rotatable bonds is 4. The molecule has 6 heteroatoms. The maximum Gasteiger partial charge on any atom is 0.146 e. The van der Waals surface area contributed by atoms with Crippen molar-refractivity contribution in [1.82, 2.24) is 14.9 Å². The Kier molecular flexibility index (Phi) is 3.91. The molecule has 2 aromatic rings. The number of hydrogen-bond acceptors (Lipinski definition) is 6. The second kappa shape index (κ2) is 5.81. The third kappa shape index (κ3) is 2.86. The second-order valence-corrected chi connectivity index (χ2v) is 5.44. The van der Waals surface area contributed by atoms with Gasteiger partial charge in [-0.15, -0.1) is 11.3 Å². The molecule has 0 aliphatic carbocycles. The van der Waals surface area contributed by atoms with E-state index >= 15 is 0 Å². The van der Waals surface area contributed by atoms with Crippen LogP contribution in [-0.4, -0.2) is 47.7 Å². The first-order chi connectivity index (χ1) is 9.36.